The minimum absolute atomic E-state index is 0.0982. The average molecular weight is 275 g/mol. The number of rotatable bonds is 4. The van der Waals surface area contributed by atoms with E-state index in [-0.39, 0.29) is 12.5 Å². The largest absolute Gasteiger partial charge is 0.497 e. The fourth-order valence-electron chi connectivity index (χ4n) is 2.20. The first-order valence-corrected chi connectivity index (χ1v) is 6.42. The zero-order chi connectivity index (χ0) is 14.4. The van der Waals surface area contributed by atoms with Crippen LogP contribution in [-0.2, 0) is 4.79 Å². The molecule has 0 bridgehead atoms. The predicted molar refractivity (Wildman–Crippen MR) is 75.8 cm³/mol. The maximum atomic E-state index is 11.7. The van der Waals surface area contributed by atoms with Crippen molar-refractivity contribution in [3.05, 3.63) is 34.7 Å². The van der Waals surface area contributed by atoms with E-state index in [0.29, 0.717) is 13.1 Å². The summed E-state index contributed by atoms with van der Waals surface area (Å²) in [6, 6.07) is 7.87. The number of ether oxygens (including phenoxy) is 1. The summed E-state index contributed by atoms with van der Waals surface area (Å²) in [5.74, 6) is 0.717. The molecule has 0 aromatic heterocycles. The molecule has 0 radical (unpaired) electrons. The Hall–Kier alpha value is -2.40. The molecular formula is C13H17N5O2. The van der Waals surface area contributed by atoms with Gasteiger partial charge in [-0.3, -0.25) is 4.79 Å². The molecule has 1 amide bonds. The Morgan fingerprint density at radius 3 is 2.50 bits per heavy atom. The van der Waals surface area contributed by atoms with Crippen LogP contribution < -0.4 is 9.64 Å². The average Bonchev–Trinajstić information content (AvgIpc) is 2.53. The first-order valence-electron chi connectivity index (χ1n) is 6.42. The lowest BCUT2D eigenvalue weighted by atomic mass is 10.2. The van der Waals surface area contributed by atoms with Crippen LogP contribution in [0.1, 0.15) is 0 Å². The second-order valence-electron chi connectivity index (χ2n) is 4.45. The van der Waals surface area contributed by atoms with Crippen LogP contribution in [0.25, 0.3) is 10.4 Å². The van der Waals surface area contributed by atoms with Gasteiger partial charge < -0.3 is 14.5 Å². The van der Waals surface area contributed by atoms with Crippen molar-refractivity contribution in [2.45, 2.75) is 0 Å². The van der Waals surface area contributed by atoms with Crippen molar-refractivity contribution in [1.82, 2.24) is 4.90 Å². The van der Waals surface area contributed by atoms with Gasteiger partial charge in [-0.2, -0.15) is 0 Å². The van der Waals surface area contributed by atoms with Crippen molar-refractivity contribution in [3.8, 4) is 5.75 Å². The van der Waals surface area contributed by atoms with E-state index in [1.54, 1.807) is 12.0 Å². The Bertz CT molecular complexity index is 502. The van der Waals surface area contributed by atoms with Gasteiger partial charge in [0, 0.05) is 36.8 Å². The number of amides is 1. The van der Waals surface area contributed by atoms with Crippen LogP contribution in [0.4, 0.5) is 5.69 Å². The Morgan fingerprint density at radius 1 is 1.30 bits per heavy atom. The normalized spacial score (nSPS) is 14.7. The molecule has 1 aliphatic heterocycles. The molecule has 106 valence electrons. The number of hydrogen-bond acceptors (Lipinski definition) is 4. The van der Waals surface area contributed by atoms with E-state index < -0.39 is 0 Å². The van der Waals surface area contributed by atoms with Crippen LogP contribution in [0.3, 0.4) is 0 Å². The Labute approximate surface area is 117 Å². The van der Waals surface area contributed by atoms with Gasteiger partial charge in [-0.05, 0) is 29.8 Å². The van der Waals surface area contributed by atoms with Crippen LogP contribution in [0, 0.1) is 0 Å². The molecule has 20 heavy (non-hydrogen) atoms. The van der Waals surface area contributed by atoms with Crippen LogP contribution in [-0.4, -0.2) is 50.6 Å². The number of piperazine rings is 1. The van der Waals surface area contributed by atoms with Crippen molar-refractivity contribution in [3.63, 3.8) is 0 Å². The number of carbonyl (C=O) groups is 1. The van der Waals surface area contributed by atoms with Crippen molar-refractivity contribution in [2.24, 2.45) is 5.11 Å². The number of anilines is 1. The van der Waals surface area contributed by atoms with Gasteiger partial charge in [0.15, 0.2) is 0 Å². The molecule has 1 aromatic carbocycles. The summed E-state index contributed by atoms with van der Waals surface area (Å²) in [4.78, 5) is 18.3. The molecule has 1 aromatic rings. The summed E-state index contributed by atoms with van der Waals surface area (Å²) >= 11 is 0. The van der Waals surface area contributed by atoms with Crippen LogP contribution >= 0.6 is 0 Å². The van der Waals surface area contributed by atoms with Gasteiger partial charge in [-0.1, -0.05) is 5.11 Å². The van der Waals surface area contributed by atoms with Crippen molar-refractivity contribution in [1.29, 1.82) is 0 Å². The summed E-state index contributed by atoms with van der Waals surface area (Å²) in [6.07, 6.45) is 0. The maximum absolute atomic E-state index is 11.7. The summed E-state index contributed by atoms with van der Waals surface area (Å²) in [5, 5.41) is 3.31. The van der Waals surface area contributed by atoms with Gasteiger partial charge in [-0.15, -0.1) is 0 Å². The molecule has 2 rings (SSSR count). The van der Waals surface area contributed by atoms with Gasteiger partial charge in [0.2, 0.25) is 5.91 Å². The summed E-state index contributed by atoms with van der Waals surface area (Å²) < 4.78 is 5.13. The zero-order valence-corrected chi connectivity index (χ0v) is 11.4. The molecule has 1 heterocycles. The molecule has 0 aliphatic carbocycles. The van der Waals surface area contributed by atoms with E-state index >= 15 is 0 Å². The van der Waals surface area contributed by atoms with Crippen LogP contribution in [0.15, 0.2) is 29.4 Å². The number of carbonyl (C=O) groups excluding carboxylic acids is 1. The first kappa shape index (κ1) is 14.0. The molecule has 7 heteroatoms. The van der Waals surface area contributed by atoms with E-state index in [1.807, 2.05) is 24.3 Å². The number of nitrogens with zero attached hydrogens (tertiary/aromatic N) is 5. The van der Waals surface area contributed by atoms with E-state index in [2.05, 4.69) is 14.9 Å². The summed E-state index contributed by atoms with van der Waals surface area (Å²) in [5.41, 5.74) is 9.33. The minimum Gasteiger partial charge on any atom is -0.497 e. The van der Waals surface area contributed by atoms with Gasteiger partial charge in [-0.25, -0.2) is 0 Å². The van der Waals surface area contributed by atoms with Gasteiger partial charge in [0.05, 0.1) is 7.11 Å². The highest BCUT2D eigenvalue weighted by Gasteiger charge is 2.20. The fourth-order valence-corrected chi connectivity index (χ4v) is 2.20. The molecule has 7 nitrogen and oxygen atoms in total. The molecule has 0 atom stereocenters. The van der Waals surface area contributed by atoms with E-state index in [1.165, 1.54) is 0 Å². The second kappa shape index (κ2) is 6.68. The van der Waals surface area contributed by atoms with E-state index in [4.69, 9.17) is 10.3 Å². The third-order valence-corrected chi connectivity index (χ3v) is 3.34. The lowest BCUT2D eigenvalue weighted by Crippen LogP contribution is -2.49. The van der Waals surface area contributed by atoms with E-state index in [0.717, 1.165) is 24.5 Å². The SMILES string of the molecule is COc1ccc(N2CCN(C(=O)CN=[N+]=[N-])CC2)cc1. The summed E-state index contributed by atoms with van der Waals surface area (Å²) in [6.45, 7) is 2.74. The number of hydrogen-bond donors (Lipinski definition) is 0. The van der Waals surface area contributed by atoms with Gasteiger partial charge >= 0.3 is 0 Å². The highest BCUT2D eigenvalue weighted by molar-refractivity contribution is 5.78. The van der Waals surface area contributed by atoms with Crippen LogP contribution in [0.2, 0.25) is 0 Å². The molecule has 1 saturated heterocycles. The minimum atomic E-state index is -0.114. The Morgan fingerprint density at radius 2 is 1.95 bits per heavy atom. The standard InChI is InChI=1S/C13H17N5O2/c1-20-12-4-2-11(3-5-12)17-6-8-18(9-7-17)13(19)10-15-16-14/h2-5H,6-10H2,1H3. The van der Waals surface area contributed by atoms with Crippen LogP contribution in [0.5, 0.6) is 5.75 Å². The smallest absolute Gasteiger partial charge is 0.228 e. The molecule has 1 fully saturated rings. The quantitative estimate of drug-likeness (QED) is 0.476. The van der Waals surface area contributed by atoms with Crippen molar-refractivity contribution in [2.75, 3.05) is 44.7 Å². The van der Waals surface area contributed by atoms with Crippen molar-refractivity contribution >= 4 is 11.6 Å². The molecule has 1 aliphatic rings. The molecule has 0 saturated carbocycles. The monoisotopic (exact) mass is 275 g/mol. The number of azide groups is 1. The molecule has 0 spiro atoms. The molecule has 0 unspecified atom stereocenters. The highest BCUT2D eigenvalue weighted by Crippen LogP contribution is 2.20. The van der Waals surface area contributed by atoms with Gasteiger partial charge in [0.25, 0.3) is 0 Å². The fraction of sp³-hybridized carbons (Fsp3) is 0.462. The number of benzene rings is 1. The predicted octanol–water partition coefficient (Wildman–Crippen LogP) is 1.65. The number of methoxy groups -OCH3 is 1. The molecular weight excluding hydrogens is 258 g/mol. The first-order chi connectivity index (χ1) is 9.74. The maximum Gasteiger partial charge on any atom is 0.228 e. The lowest BCUT2D eigenvalue weighted by Gasteiger charge is -2.36. The Balaban J connectivity index is 1.90. The summed E-state index contributed by atoms with van der Waals surface area (Å²) in [7, 11) is 1.64. The second-order valence-corrected chi connectivity index (χ2v) is 4.45. The van der Waals surface area contributed by atoms with Crippen molar-refractivity contribution < 1.29 is 9.53 Å². The lowest BCUT2D eigenvalue weighted by molar-refractivity contribution is -0.129. The zero-order valence-electron chi connectivity index (χ0n) is 11.4. The Kier molecular flexibility index (Phi) is 4.68. The molecule has 0 N–H and O–H groups in total. The van der Waals surface area contributed by atoms with E-state index in [9.17, 15) is 4.79 Å². The van der Waals surface area contributed by atoms with Gasteiger partial charge in [0.1, 0.15) is 12.3 Å². The topological polar surface area (TPSA) is 81.5 Å². The third-order valence-electron chi connectivity index (χ3n) is 3.34. The highest BCUT2D eigenvalue weighted by atomic mass is 16.5. The third kappa shape index (κ3) is 3.33.